The van der Waals surface area contributed by atoms with Crippen LogP contribution in [0, 0.1) is 17.1 Å². The average Bonchev–Trinajstić information content (AvgIpc) is 3.62. The molecule has 1 aliphatic heterocycles. The van der Waals surface area contributed by atoms with Crippen LogP contribution in [-0.2, 0) is 11.2 Å². The van der Waals surface area contributed by atoms with E-state index in [4.69, 9.17) is 14.7 Å². The van der Waals surface area contributed by atoms with E-state index in [1.165, 1.54) is 28.3 Å². The lowest BCUT2D eigenvalue weighted by Gasteiger charge is -2.33. The maximum atomic E-state index is 13.5. The maximum Gasteiger partial charge on any atom is 0.410 e. The maximum absolute atomic E-state index is 13.5. The van der Waals surface area contributed by atoms with E-state index >= 15 is 0 Å². The molecule has 0 saturated carbocycles. The standard InChI is InChI=1S/C29H33FN6O2S2/c1-6-21-25(35(7-2)27-33-24(22(16-31)39-27)19-8-10-20(30)11-9-19)36-17-23(40-26(36)32-21)18-12-14-34(15-13-18)28(37)38-29(3,4)5/h8-11,17-18H,6-7,12-15H2,1-5H3. The van der Waals surface area contributed by atoms with Crippen molar-refractivity contribution in [1.29, 1.82) is 5.26 Å². The third-order valence-electron chi connectivity index (χ3n) is 6.91. The van der Waals surface area contributed by atoms with Gasteiger partial charge in [0.25, 0.3) is 0 Å². The zero-order valence-electron chi connectivity index (χ0n) is 23.4. The Hall–Kier alpha value is -3.49. The lowest BCUT2D eigenvalue weighted by molar-refractivity contribution is 0.0205. The van der Waals surface area contributed by atoms with E-state index in [1.807, 2.05) is 20.8 Å². The largest absolute Gasteiger partial charge is 0.444 e. The van der Waals surface area contributed by atoms with Crippen LogP contribution in [0.3, 0.4) is 0 Å². The fourth-order valence-corrected chi connectivity index (χ4v) is 7.08. The van der Waals surface area contributed by atoms with Gasteiger partial charge in [0.15, 0.2) is 10.1 Å². The second-order valence-electron chi connectivity index (χ2n) is 10.8. The molecule has 4 aromatic rings. The number of nitrogens with zero attached hydrogens (tertiary/aromatic N) is 6. The minimum Gasteiger partial charge on any atom is -0.444 e. The van der Waals surface area contributed by atoms with E-state index in [1.54, 1.807) is 28.4 Å². The summed E-state index contributed by atoms with van der Waals surface area (Å²) in [6.07, 6.45) is 4.42. The third-order valence-corrected chi connectivity index (χ3v) is 9.04. The normalized spacial score (nSPS) is 14.5. The highest BCUT2D eigenvalue weighted by Gasteiger charge is 2.30. The summed E-state index contributed by atoms with van der Waals surface area (Å²) in [5.41, 5.74) is 1.73. The highest BCUT2D eigenvalue weighted by molar-refractivity contribution is 7.17. The molecule has 11 heteroatoms. The molecule has 210 valence electrons. The van der Waals surface area contributed by atoms with Crippen LogP contribution in [0.2, 0.25) is 0 Å². The van der Waals surface area contributed by atoms with E-state index in [0.29, 0.717) is 46.8 Å². The van der Waals surface area contributed by atoms with Crippen LogP contribution in [0.25, 0.3) is 16.2 Å². The van der Waals surface area contributed by atoms with Gasteiger partial charge in [0.05, 0.1) is 5.69 Å². The Morgan fingerprint density at radius 2 is 1.88 bits per heavy atom. The number of imidazole rings is 1. The summed E-state index contributed by atoms with van der Waals surface area (Å²) in [5, 5.41) is 10.5. The number of carbonyl (C=O) groups excluding carboxylic acids is 1. The zero-order chi connectivity index (χ0) is 28.6. The molecular formula is C29H33FN6O2S2. The van der Waals surface area contributed by atoms with Crippen molar-refractivity contribution in [2.75, 3.05) is 24.5 Å². The smallest absolute Gasteiger partial charge is 0.410 e. The SMILES string of the molecule is CCc1nc2sc(C3CCN(C(=O)OC(C)(C)C)CC3)cn2c1N(CC)c1nc(-c2ccc(F)cc2)c(C#N)s1. The second-order valence-corrected chi connectivity index (χ2v) is 12.8. The summed E-state index contributed by atoms with van der Waals surface area (Å²) in [6, 6.07) is 8.34. The van der Waals surface area contributed by atoms with Crippen LogP contribution in [0.1, 0.15) is 68.8 Å². The molecular weight excluding hydrogens is 547 g/mol. The molecule has 1 amide bonds. The molecule has 4 heterocycles. The van der Waals surface area contributed by atoms with Gasteiger partial charge in [-0.2, -0.15) is 5.26 Å². The van der Waals surface area contributed by atoms with Gasteiger partial charge in [-0.3, -0.25) is 4.40 Å². The molecule has 0 N–H and O–H groups in total. The number of anilines is 2. The number of likely N-dealkylation sites (tertiary alicyclic amines) is 1. The van der Waals surface area contributed by atoms with Gasteiger partial charge in [-0.1, -0.05) is 18.3 Å². The van der Waals surface area contributed by atoms with Gasteiger partial charge in [0, 0.05) is 36.3 Å². The first-order valence-electron chi connectivity index (χ1n) is 13.5. The molecule has 0 unspecified atom stereocenters. The van der Waals surface area contributed by atoms with Gasteiger partial charge in [-0.15, -0.1) is 11.3 Å². The average molecular weight is 581 g/mol. The number of fused-ring (bicyclic) bond motifs is 1. The Morgan fingerprint density at radius 1 is 1.18 bits per heavy atom. The predicted octanol–water partition coefficient (Wildman–Crippen LogP) is 7.36. The van der Waals surface area contributed by atoms with Crippen molar-refractivity contribution in [3.8, 4) is 17.3 Å². The Morgan fingerprint density at radius 3 is 2.48 bits per heavy atom. The van der Waals surface area contributed by atoms with E-state index < -0.39 is 5.60 Å². The summed E-state index contributed by atoms with van der Waals surface area (Å²) in [4.78, 5) is 28.9. The summed E-state index contributed by atoms with van der Waals surface area (Å²) in [7, 11) is 0. The number of amides is 1. The molecule has 1 aliphatic rings. The Bertz CT molecular complexity index is 1550. The number of benzene rings is 1. The summed E-state index contributed by atoms with van der Waals surface area (Å²) in [5.74, 6) is 0.969. The summed E-state index contributed by atoms with van der Waals surface area (Å²) < 4.78 is 21.2. The second kappa shape index (κ2) is 11.2. The van der Waals surface area contributed by atoms with Gasteiger partial charge >= 0.3 is 6.09 Å². The Kier molecular flexibility index (Phi) is 7.84. The first kappa shape index (κ1) is 28.1. The van der Waals surface area contributed by atoms with E-state index in [2.05, 4.69) is 35.4 Å². The van der Waals surface area contributed by atoms with Crippen molar-refractivity contribution in [2.45, 2.75) is 65.4 Å². The van der Waals surface area contributed by atoms with Crippen molar-refractivity contribution in [1.82, 2.24) is 19.3 Å². The van der Waals surface area contributed by atoms with E-state index in [-0.39, 0.29) is 11.9 Å². The van der Waals surface area contributed by atoms with Gasteiger partial charge in [0.2, 0.25) is 0 Å². The zero-order valence-corrected chi connectivity index (χ0v) is 25.0. The van der Waals surface area contributed by atoms with Crippen LogP contribution < -0.4 is 4.90 Å². The molecule has 0 aliphatic carbocycles. The van der Waals surface area contributed by atoms with Crippen molar-refractivity contribution in [3.05, 3.63) is 51.7 Å². The number of ether oxygens (including phenoxy) is 1. The lowest BCUT2D eigenvalue weighted by atomic mass is 9.96. The molecule has 0 spiro atoms. The predicted molar refractivity (Wildman–Crippen MR) is 157 cm³/mol. The molecule has 1 saturated heterocycles. The van der Waals surface area contributed by atoms with Crippen LogP contribution in [-0.4, -0.2) is 50.6 Å². The third kappa shape index (κ3) is 5.56. The fraction of sp³-hybridized carbons (Fsp3) is 0.448. The van der Waals surface area contributed by atoms with Gasteiger partial charge in [-0.25, -0.2) is 19.2 Å². The monoisotopic (exact) mass is 580 g/mol. The number of piperidine rings is 1. The summed E-state index contributed by atoms with van der Waals surface area (Å²) in [6.45, 7) is 11.8. The Labute approximate surface area is 241 Å². The first-order valence-corrected chi connectivity index (χ1v) is 15.2. The number of carbonyl (C=O) groups is 1. The fourth-order valence-electron chi connectivity index (χ4n) is 4.96. The van der Waals surface area contributed by atoms with E-state index in [0.717, 1.165) is 35.7 Å². The molecule has 8 nitrogen and oxygen atoms in total. The number of rotatable bonds is 6. The van der Waals surface area contributed by atoms with Gasteiger partial charge < -0.3 is 14.5 Å². The molecule has 40 heavy (non-hydrogen) atoms. The minimum absolute atomic E-state index is 0.249. The molecule has 5 rings (SSSR count). The molecule has 1 aromatic carbocycles. The van der Waals surface area contributed by atoms with E-state index in [9.17, 15) is 14.4 Å². The molecule has 0 radical (unpaired) electrons. The highest BCUT2D eigenvalue weighted by Crippen LogP contribution is 2.40. The van der Waals surface area contributed by atoms with Crippen LogP contribution in [0.4, 0.5) is 20.1 Å². The van der Waals surface area contributed by atoms with Crippen molar-refractivity contribution in [2.24, 2.45) is 0 Å². The Balaban J connectivity index is 1.43. The molecule has 3 aromatic heterocycles. The number of halogens is 1. The van der Waals surface area contributed by atoms with Crippen LogP contribution in [0.15, 0.2) is 30.5 Å². The highest BCUT2D eigenvalue weighted by atomic mass is 32.1. The van der Waals surface area contributed by atoms with Crippen molar-refractivity contribution >= 4 is 44.7 Å². The number of aromatic nitrogens is 3. The number of nitriles is 1. The summed E-state index contributed by atoms with van der Waals surface area (Å²) >= 11 is 3.03. The quantitative estimate of drug-likeness (QED) is 0.237. The molecule has 0 bridgehead atoms. The lowest BCUT2D eigenvalue weighted by Crippen LogP contribution is -2.41. The van der Waals surface area contributed by atoms with Gasteiger partial charge in [0.1, 0.15) is 33.9 Å². The van der Waals surface area contributed by atoms with Crippen molar-refractivity contribution in [3.63, 3.8) is 0 Å². The van der Waals surface area contributed by atoms with Crippen LogP contribution >= 0.6 is 22.7 Å². The first-order chi connectivity index (χ1) is 19.1. The topological polar surface area (TPSA) is 86.8 Å². The van der Waals surface area contributed by atoms with Gasteiger partial charge in [-0.05, 0) is 77.1 Å². The number of thiazole rings is 2. The number of hydrogen-bond donors (Lipinski definition) is 0. The molecule has 1 fully saturated rings. The van der Waals surface area contributed by atoms with Crippen LogP contribution in [0.5, 0.6) is 0 Å². The number of aryl methyl sites for hydroxylation is 1. The number of hydrogen-bond acceptors (Lipinski definition) is 8. The minimum atomic E-state index is -0.503. The molecule has 0 atom stereocenters. The van der Waals surface area contributed by atoms with Crippen molar-refractivity contribution < 1.29 is 13.9 Å².